The summed E-state index contributed by atoms with van der Waals surface area (Å²) < 4.78 is 5.52. The van der Waals surface area contributed by atoms with Crippen LogP contribution in [0.25, 0.3) is 0 Å². The molecule has 1 fully saturated rings. The molecule has 1 saturated heterocycles. The van der Waals surface area contributed by atoms with Crippen molar-refractivity contribution < 1.29 is 14.3 Å². The fourth-order valence-electron chi connectivity index (χ4n) is 3.35. The van der Waals surface area contributed by atoms with Gasteiger partial charge in [-0.1, -0.05) is 6.07 Å². The summed E-state index contributed by atoms with van der Waals surface area (Å²) in [4.78, 5) is 26.5. The van der Waals surface area contributed by atoms with Gasteiger partial charge in [0.05, 0.1) is 18.4 Å². The lowest BCUT2D eigenvalue weighted by molar-refractivity contribution is 0.0698. The van der Waals surface area contributed by atoms with Crippen LogP contribution in [0.2, 0.25) is 0 Å². The summed E-state index contributed by atoms with van der Waals surface area (Å²) in [5.41, 5.74) is 2.35. The Morgan fingerprint density at radius 3 is 2.84 bits per heavy atom. The molecule has 0 atom stereocenters. The number of hydrogen-bond acceptors (Lipinski definition) is 4. The van der Waals surface area contributed by atoms with Gasteiger partial charge in [-0.3, -0.25) is 14.7 Å². The van der Waals surface area contributed by atoms with Crippen molar-refractivity contribution in [3.63, 3.8) is 0 Å². The molecule has 2 amide bonds. The minimum Gasteiger partial charge on any atom is -0.493 e. The van der Waals surface area contributed by atoms with Crippen LogP contribution in [-0.4, -0.2) is 52.6 Å². The first-order chi connectivity index (χ1) is 12.2. The molecule has 7 heteroatoms. The first kappa shape index (κ1) is 15.7. The Bertz CT molecular complexity index is 780. The van der Waals surface area contributed by atoms with Crippen molar-refractivity contribution in [3.8, 4) is 5.75 Å². The van der Waals surface area contributed by atoms with E-state index in [1.807, 2.05) is 18.2 Å². The number of rotatable bonds is 3. The van der Waals surface area contributed by atoms with E-state index in [0.29, 0.717) is 30.8 Å². The number of aromatic nitrogens is 2. The van der Waals surface area contributed by atoms with E-state index in [9.17, 15) is 9.59 Å². The minimum atomic E-state index is -0.0853. The van der Waals surface area contributed by atoms with Gasteiger partial charge in [-0.15, -0.1) is 0 Å². The number of benzene rings is 1. The molecule has 3 heterocycles. The number of nitrogens with one attached hydrogen (secondary N) is 2. The molecule has 0 bridgehead atoms. The molecule has 0 radical (unpaired) electrons. The molecule has 2 aliphatic rings. The number of H-pyrrole nitrogens is 1. The lowest BCUT2D eigenvalue weighted by Gasteiger charge is -2.32. The number of hydrogen-bond donors (Lipinski definition) is 2. The van der Waals surface area contributed by atoms with E-state index in [2.05, 4.69) is 15.5 Å². The fraction of sp³-hybridized carbons (Fsp3) is 0.389. The summed E-state index contributed by atoms with van der Waals surface area (Å²) >= 11 is 0. The third-order valence-electron chi connectivity index (χ3n) is 4.82. The average Bonchev–Trinajstić information content (AvgIpc) is 3.32. The van der Waals surface area contributed by atoms with E-state index in [4.69, 9.17) is 4.74 Å². The van der Waals surface area contributed by atoms with Crippen molar-refractivity contribution >= 4 is 11.8 Å². The van der Waals surface area contributed by atoms with E-state index < -0.39 is 0 Å². The maximum Gasteiger partial charge on any atom is 0.257 e. The highest BCUT2D eigenvalue weighted by atomic mass is 16.5. The molecule has 7 nitrogen and oxygen atoms in total. The summed E-state index contributed by atoms with van der Waals surface area (Å²) in [6, 6.07) is 5.70. The number of amides is 2. The number of carbonyl (C=O) groups excluding carboxylic acids is 2. The zero-order valence-corrected chi connectivity index (χ0v) is 13.8. The van der Waals surface area contributed by atoms with Crippen molar-refractivity contribution in [2.45, 2.75) is 25.3 Å². The topological polar surface area (TPSA) is 87.3 Å². The van der Waals surface area contributed by atoms with Crippen LogP contribution in [0.1, 0.15) is 39.1 Å². The van der Waals surface area contributed by atoms with E-state index in [1.54, 1.807) is 11.1 Å². The molecule has 2 aliphatic heterocycles. The first-order valence-electron chi connectivity index (χ1n) is 8.55. The molecule has 0 unspecified atom stereocenters. The van der Waals surface area contributed by atoms with Gasteiger partial charge in [-0.2, -0.15) is 5.10 Å². The Morgan fingerprint density at radius 2 is 2.08 bits per heavy atom. The van der Waals surface area contributed by atoms with Crippen LogP contribution >= 0.6 is 0 Å². The summed E-state index contributed by atoms with van der Waals surface area (Å²) in [6.07, 6.45) is 5.53. The molecule has 0 aliphatic carbocycles. The largest absolute Gasteiger partial charge is 0.493 e. The summed E-state index contributed by atoms with van der Waals surface area (Å²) in [6.45, 7) is 1.94. The Morgan fingerprint density at radius 1 is 1.24 bits per heavy atom. The number of ether oxygens (including phenoxy) is 1. The van der Waals surface area contributed by atoms with Crippen LogP contribution in [0.15, 0.2) is 30.6 Å². The number of likely N-dealkylation sites (tertiary alicyclic amines) is 1. The van der Waals surface area contributed by atoms with Crippen LogP contribution in [0.4, 0.5) is 0 Å². The maximum absolute atomic E-state index is 12.5. The van der Waals surface area contributed by atoms with Crippen LogP contribution in [-0.2, 0) is 6.42 Å². The van der Waals surface area contributed by atoms with E-state index in [-0.39, 0.29) is 17.9 Å². The molecular formula is C18H20N4O3. The van der Waals surface area contributed by atoms with Crippen molar-refractivity contribution in [1.82, 2.24) is 20.4 Å². The van der Waals surface area contributed by atoms with Crippen LogP contribution < -0.4 is 10.1 Å². The van der Waals surface area contributed by atoms with E-state index in [0.717, 1.165) is 30.6 Å². The molecule has 0 spiro atoms. The van der Waals surface area contributed by atoms with Crippen LogP contribution in [0.5, 0.6) is 5.75 Å². The molecule has 0 saturated carbocycles. The van der Waals surface area contributed by atoms with Gasteiger partial charge in [0.2, 0.25) is 0 Å². The summed E-state index contributed by atoms with van der Waals surface area (Å²) in [5, 5.41) is 9.54. The highest BCUT2D eigenvalue weighted by Gasteiger charge is 2.25. The lowest BCUT2D eigenvalue weighted by atomic mass is 10.0. The quantitative estimate of drug-likeness (QED) is 0.884. The number of aromatic amines is 1. The van der Waals surface area contributed by atoms with Crippen molar-refractivity contribution in [2.75, 3.05) is 19.7 Å². The highest BCUT2D eigenvalue weighted by Crippen LogP contribution is 2.26. The van der Waals surface area contributed by atoms with Gasteiger partial charge in [-0.25, -0.2) is 0 Å². The average molecular weight is 340 g/mol. The van der Waals surface area contributed by atoms with Crippen molar-refractivity contribution in [2.24, 2.45) is 0 Å². The Kier molecular flexibility index (Phi) is 4.13. The molecular weight excluding hydrogens is 320 g/mol. The number of fused-ring (bicyclic) bond motifs is 1. The van der Waals surface area contributed by atoms with Gasteiger partial charge in [0, 0.05) is 37.3 Å². The lowest BCUT2D eigenvalue weighted by Crippen LogP contribution is -2.46. The maximum atomic E-state index is 12.5. The van der Waals surface area contributed by atoms with Gasteiger partial charge in [-0.05, 0) is 30.5 Å². The second-order valence-electron chi connectivity index (χ2n) is 6.45. The SMILES string of the molecule is O=C(NC1CCN(C(=O)c2cn[nH]c2)CC1)c1ccc2c(c1)OCC2. The Hall–Kier alpha value is -2.83. The van der Waals surface area contributed by atoms with Gasteiger partial charge in [0.15, 0.2) is 0 Å². The normalized spacial score (nSPS) is 17.0. The van der Waals surface area contributed by atoms with E-state index in [1.165, 1.54) is 6.20 Å². The van der Waals surface area contributed by atoms with Crippen LogP contribution in [0, 0.1) is 0 Å². The third kappa shape index (κ3) is 3.22. The molecule has 4 rings (SSSR count). The molecule has 1 aromatic carbocycles. The first-order valence-corrected chi connectivity index (χ1v) is 8.55. The zero-order chi connectivity index (χ0) is 17.2. The fourth-order valence-corrected chi connectivity index (χ4v) is 3.35. The van der Waals surface area contributed by atoms with Crippen molar-refractivity contribution in [3.05, 3.63) is 47.3 Å². The Labute approximate surface area is 145 Å². The van der Waals surface area contributed by atoms with Gasteiger partial charge < -0.3 is 15.0 Å². The second-order valence-corrected chi connectivity index (χ2v) is 6.45. The summed E-state index contributed by atoms with van der Waals surface area (Å²) in [7, 11) is 0. The third-order valence-corrected chi connectivity index (χ3v) is 4.82. The van der Waals surface area contributed by atoms with Gasteiger partial charge in [0.1, 0.15) is 5.75 Å². The number of piperidine rings is 1. The molecule has 2 N–H and O–H groups in total. The number of carbonyl (C=O) groups is 2. The van der Waals surface area contributed by atoms with Crippen molar-refractivity contribution in [1.29, 1.82) is 0 Å². The highest BCUT2D eigenvalue weighted by molar-refractivity contribution is 5.95. The predicted octanol–water partition coefficient (Wildman–Crippen LogP) is 1.38. The standard InChI is InChI=1S/C18H20N4O3/c23-17(13-2-1-12-5-8-25-16(12)9-13)21-15-3-6-22(7-4-15)18(24)14-10-19-20-11-14/h1-2,9-11,15H,3-8H2,(H,19,20)(H,21,23). The molecule has 25 heavy (non-hydrogen) atoms. The minimum absolute atomic E-state index is 0.0192. The Balaban J connectivity index is 1.32. The number of nitrogens with zero attached hydrogens (tertiary/aromatic N) is 2. The molecule has 2 aromatic rings. The smallest absolute Gasteiger partial charge is 0.257 e. The second kappa shape index (κ2) is 6.58. The summed E-state index contributed by atoms with van der Waals surface area (Å²) in [5.74, 6) is 0.709. The van der Waals surface area contributed by atoms with Gasteiger partial charge >= 0.3 is 0 Å². The van der Waals surface area contributed by atoms with Gasteiger partial charge in [0.25, 0.3) is 11.8 Å². The zero-order valence-electron chi connectivity index (χ0n) is 13.8. The predicted molar refractivity (Wildman–Crippen MR) is 90.6 cm³/mol. The monoisotopic (exact) mass is 340 g/mol. The van der Waals surface area contributed by atoms with E-state index >= 15 is 0 Å². The molecule has 130 valence electrons. The van der Waals surface area contributed by atoms with Crippen LogP contribution in [0.3, 0.4) is 0 Å². The molecule has 1 aromatic heterocycles.